The quantitative estimate of drug-likeness (QED) is 0.501. The van der Waals surface area contributed by atoms with Crippen LogP contribution < -0.4 is 0 Å². The van der Waals surface area contributed by atoms with Crippen molar-refractivity contribution in [3.05, 3.63) is 72.3 Å². The van der Waals surface area contributed by atoms with E-state index in [1.165, 1.54) is 23.1 Å². The van der Waals surface area contributed by atoms with E-state index >= 15 is 0 Å². The Bertz CT molecular complexity index is 819. The van der Waals surface area contributed by atoms with Gasteiger partial charge in [-0.25, -0.2) is 4.79 Å². The Hall–Kier alpha value is -2.59. The third kappa shape index (κ3) is 3.91. The number of likely N-dealkylation sites (N-methyl/N-ethyl adjacent to an activating group) is 1. The number of carbonyl (C=O) groups excluding carboxylic acids is 2. The molecule has 0 radical (unpaired) electrons. The number of allylic oxidation sites excluding steroid dienone is 1. The standard InChI is InChI=1S/C22H22ClNO3/c1-3-4-13-20(21(23)25)24(2)22(26)27-14-19-17-11-7-5-9-15(17)16-10-6-8-12-18(16)19/h3,5-12,19-20H,1,4,13-14H2,2H3/t20-/m0/s1. The van der Waals surface area contributed by atoms with Crippen molar-refractivity contribution in [2.24, 2.45) is 0 Å². The van der Waals surface area contributed by atoms with Crippen LogP contribution in [0.5, 0.6) is 0 Å². The van der Waals surface area contributed by atoms with Crippen LogP contribution in [0.15, 0.2) is 61.2 Å². The van der Waals surface area contributed by atoms with E-state index in [9.17, 15) is 9.59 Å². The monoisotopic (exact) mass is 383 g/mol. The highest BCUT2D eigenvalue weighted by atomic mass is 35.5. The molecule has 1 aliphatic rings. The second-order valence-corrected chi connectivity index (χ2v) is 6.97. The fraction of sp³-hybridized carbons (Fsp3) is 0.273. The van der Waals surface area contributed by atoms with Crippen LogP contribution in [-0.4, -0.2) is 35.9 Å². The minimum Gasteiger partial charge on any atom is -0.448 e. The van der Waals surface area contributed by atoms with Crippen molar-refractivity contribution in [1.82, 2.24) is 4.90 Å². The molecule has 0 saturated heterocycles. The second kappa shape index (κ2) is 8.40. The summed E-state index contributed by atoms with van der Waals surface area (Å²) in [5.41, 5.74) is 4.63. The molecule has 0 heterocycles. The lowest BCUT2D eigenvalue weighted by atomic mass is 9.98. The summed E-state index contributed by atoms with van der Waals surface area (Å²) in [4.78, 5) is 25.4. The lowest BCUT2D eigenvalue weighted by Crippen LogP contribution is -2.41. The lowest BCUT2D eigenvalue weighted by molar-refractivity contribution is -0.115. The van der Waals surface area contributed by atoms with Gasteiger partial charge in [-0.3, -0.25) is 9.69 Å². The number of rotatable bonds is 7. The van der Waals surface area contributed by atoms with Crippen LogP contribution in [0.1, 0.15) is 29.9 Å². The largest absolute Gasteiger partial charge is 0.448 e. The zero-order valence-electron chi connectivity index (χ0n) is 15.2. The fourth-order valence-corrected chi connectivity index (χ4v) is 3.81. The first-order valence-electron chi connectivity index (χ1n) is 8.92. The Morgan fingerprint density at radius 2 is 1.70 bits per heavy atom. The van der Waals surface area contributed by atoms with E-state index in [1.807, 2.05) is 24.3 Å². The maximum absolute atomic E-state index is 12.5. The highest BCUT2D eigenvalue weighted by Crippen LogP contribution is 2.44. The summed E-state index contributed by atoms with van der Waals surface area (Å²) in [6, 6.07) is 15.6. The Kier molecular flexibility index (Phi) is 5.97. The van der Waals surface area contributed by atoms with Gasteiger partial charge in [0.2, 0.25) is 5.24 Å². The average molecular weight is 384 g/mol. The third-order valence-electron chi connectivity index (χ3n) is 5.00. The number of hydrogen-bond acceptors (Lipinski definition) is 3. The van der Waals surface area contributed by atoms with Crippen molar-refractivity contribution in [2.45, 2.75) is 24.8 Å². The van der Waals surface area contributed by atoms with Crippen molar-refractivity contribution in [3.8, 4) is 11.1 Å². The van der Waals surface area contributed by atoms with Gasteiger partial charge >= 0.3 is 6.09 Å². The first kappa shape index (κ1) is 19.2. The summed E-state index contributed by atoms with van der Waals surface area (Å²) >= 11 is 5.66. The number of hydrogen-bond donors (Lipinski definition) is 0. The zero-order chi connectivity index (χ0) is 19.4. The van der Waals surface area contributed by atoms with Gasteiger partial charge in [0.05, 0.1) is 0 Å². The van der Waals surface area contributed by atoms with Crippen LogP contribution >= 0.6 is 11.6 Å². The number of fused-ring (bicyclic) bond motifs is 3. The molecule has 0 bridgehead atoms. The molecule has 140 valence electrons. The number of carbonyl (C=O) groups is 2. The van der Waals surface area contributed by atoms with Gasteiger partial charge in [0.25, 0.3) is 0 Å². The molecule has 4 nitrogen and oxygen atoms in total. The molecule has 2 aromatic carbocycles. The molecule has 3 rings (SSSR count). The van der Waals surface area contributed by atoms with E-state index < -0.39 is 17.4 Å². The van der Waals surface area contributed by atoms with Crippen molar-refractivity contribution < 1.29 is 14.3 Å². The van der Waals surface area contributed by atoms with Gasteiger partial charge in [0.15, 0.2) is 0 Å². The molecule has 0 N–H and O–H groups in total. The van der Waals surface area contributed by atoms with Crippen LogP contribution in [0.4, 0.5) is 4.79 Å². The summed E-state index contributed by atoms with van der Waals surface area (Å²) in [5.74, 6) is -0.0203. The number of nitrogens with zero attached hydrogens (tertiary/aromatic N) is 1. The molecule has 0 fully saturated rings. The first-order chi connectivity index (χ1) is 13.0. The molecule has 27 heavy (non-hydrogen) atoms. The molecule has 1 amide bonds. The first-order valence-corrected chi connectivity index (χ1v) is 9.30. The molecule has 1 atom stereocenters. The number of benzene rings is 2. The highest BCUT2D eigenvalue weighted by molar-refractivity contribution is 6.64. The van der Waals surface area contributed by atoms with Gasteiger partial charge < -0.3 is 4.74 Å². The number of halogens is 1. The SMILES string of the molecule is C=CCC[C@@H](C(=O)Cl)N(C)C(=O)OCC1c2ccccc2-c2ccccc21. The van der Waals surface area contributed by atoms with Crippen LogP contribution in [0.25, 0.3) is 11.1 Å². The number of amides is 1. The van der Waals surface area contributed by atoms with Crippen LogP contribution in [0.3, 0.4) is 0 Å². The molecule has 2 aromatic rings. The van der Waals surface area contributed by atoms with Gasteiger partial charge in [-0.1, -0.05) is 54.6 Å². The van der Waals surface area contributed by atoms with Gasteiger partial charge in [-0.2, -0.15) is 0 Å². The fourth-order valence-electron chi connectivity index (χ4n) is 3.56. The summed E-state index contributed by atoms with van der Waals surface area (Å²) in [6.07, 6.45) is 2.15. The van der Waals surface area contributed by atoms with E-state index in [1.54, 1.807) is 6.08 Å². The van der Waals surface area contributed by atoms with Crippen molar-refractivity contribution >= 4 is 22.9 Å². The summed E-state index contributed by atoms with van der Waals surface area (Å²) < 4.78 is 5.56. The Morgan fingerprint density at radius 3 is 2.22 bits per heavy atom. The minimum absolute atomic E-state index is 0.0203. The van der Waals surface area contributed by atoms with Crippen molar-refractivity contribution in [1.29, 1.82) is 0 Å². The van der Waals surface area contributed by atoms with E-state index in [4.69, 9.17) is 16.3 Å². The van der Waals surface area contributed by atoms with Crippen LogP contribution in [0.2, 0.25) is 0 Å². The predicted octanol–water partition coefficient (Wildman–Crippen LogP) is 4.97. The van der Waals surface area contributed by atoms with E-state index in [2.05, 4.69) is 30.8 Å². The highest BCUT2D eigenvalue weighted by Gasteiger charge is 2.31. The van der Waals surface area contributed by atoms with E-state index in [-0.39, 0.29) is 12.5 Å². The van der Waals surface area contributed by atoms with Gasteiger partial charge in [0, 0.05) is 13.0 Å². The van der Waals surface area contributed by atoms with E-state index in [0.717, 1.165) is 11.1 Å². The summed E-state index contributed by atoms with van der Waals surface area (Å²) in [5, 5.41) is -0.576. The van der Waals surface area contributed by atoms with Gasteiger partial charge in [-0.05, 0) is 46.7 Å². The smallest absolute Gasteiger partial charge is 0.410 e. The van der Waals surface area contributed by atoms with Crippen LogP contribution in [0, 0.1) is 0 Å². The summed E-state index contributed by atoms with van der Waals surface area (Å²) in [6.45, 7) is 3.85. The lowest BCUT2D eigenvalue weighted by Gasteiger charge is -2.25. The van der Waals surface area contributed by atoms with E-state index in [0.29, 0.717) is 12.8 Å². The maximum atomic E-state index is 12.5. The van der Waals surface area contributed by atoms with Crippen LogP contribution in [-0.2, 0) is 9.53 Å². The Morgan fingerprint density at radius 1 is 1.15 bits per heavy atom. The third-order valence-corrected chi connectivity index (χ3v) is 5.25. The normalized spacial score (nSPS) is 13.4. The predicted molar refractivity (Wildman–Crippen MR) is 107 cm³/mol. The maximum Gasteiger partial charge on any atom is 0.410 e. The topological polar surface area (TPSA) is 46.6 Å². The Balaban J connectivity index is 1.73. The molecular weight excluding hydrogens is 362 g/mol. The second-order valence-electron chi connectivity index (χ2n) is 6.60. The average Bonchev–Trinajstić information content (AvgIpc) is 3.00. The zero-order valence-corrected chi connectivity index (χ0v) is 16.0. The number of ether oxygens (including phenoxy) is 1. The Labute approximate surface area is 164 Å². The minimum atomic E-state index is -0.722. The molecule has 0 saturated carbocycles. The molecule has 0 aromatic heterocycles. The molecule has 0 aliphatic heterocycles. The molecule has 5 heteroatoms. The molecule has 0 spiro atoms. The molecule has 0 unspecified atom stereocenters. The van der Waals surface area contributed by atoms with Gasteiger partial charge in [-0.15, -0.1) is 6.58 Å². The summed E-state index contributed by atoms with van der Waals surface area (Å²) in [7, 11) is 1.53. The molecular formula is C22H22ClNO3. The van der Waals surface area contributed by atoms with Crippen molar-refractivity contribution in [2.75, 3.05) is 13.7 Å². The van der Waals surface area contributed by atoms with Crippen molar-refractivity contribution in [3.63, 3.8) is 0 Å². The van der Waals surface area contributed by atoms with Gasteiger partial charge in [0.1, 0.15) is 12.6 Å². The molecule has 1 aliphatic carbocycles.